The third-order valence-electron chi connectivity index (χ3n) is 4.54. The number of carbonyl (C=O) groups is 1. The summed E-state index contributed by atoms with van der Waals surface area (Å²) in [5.74, 6) is 0.283. The number of rotatable bonds is 4. The van der Waals surface area contributed by atoms with Crippen LogP contribution in [0.1, 0.15) is 28.2 Å². The molecule has 24 heavy (non-hydrogen) atoms. The van der Waals surface area contributed by atoms with Crippen molar-refractivity contribution in [2.75, 3.05) is 18.1 Å². The van der Waals surface area contributed by atoms with Crippen molar-refractivity contribution in [2.24, 2.45) is 5.92 Å². The topological polar surface area (TPSA) is 68.2 Å². The van der Waals surface area contributed by atoms with E-state index in [2.05, 4.69) is 22.0 Å². The highest BCUT2D eigenvalue weighted by Crippen LogP contribution is 2.18. The first-order valence-corrected chi connectivity index (χ1v) is 9.92. The maximum absolute atomic E-state index is 12.2. The summed E-state index contributed by atoms with van der Waals surface area (Å²) < 4.78 is 25.0. The van der Waals surface area contributed by atoms with E-state index >= 15 is 0 Å². The molecule has 1 aliphatic heterocycles. The van der Waals surface area contributed by atoms with E-state index in [0.717, 1.165) is 17.1 Å². The lowest BCUT2D eigenvalue weighted by Gasteiger charge is -2.12. The molecule has 0 spiro atoms. The van der Waals surface area contributed by atoms with E-state index in [4.69, 9.17) is 0 Å². The molecule has 1 N–H and O–H groups in total. The van der Waals surface area contributed by atoms with Crippen molar-refractivity contribution in [1.82, 2.24) is 9.88 Å². The zero-order valence-electron chi connectivity index (χ0n) is 14.0. The minimum absolute atomic E-state index is 0.0309. The summed E-state index contributed by atoms with van der Waals surface area (Å²) in [4.78, 5) is 12.2. The highest BCUT2D eigenvalue weighted by Gasteiger charge is 2.27. The molecule has 5 nitrogen and oxygen atoms in total. The molecule has 1 atom stereocenters. The number of nitrogens with one attached hydrogen (secondary N) is 1. The van der Waals surface area contributed by atoms with Crippen LogP contribution in [0, 0.1) is 19.8 Å². The quantitative estimate of drug-likeness (QED) is 0.923. The van der Waals surface area contributed by atoms with Gasteiger partial charge in [-0.2, -0.15) is 0 Å². The molecule has 1 fully saturated rings. The molecule has 2 aromatic rings. The maximum Gasteiger partial charge on any atom is 0.251 e. The second kappa shape index (κ2) is 6.43. The van der Waals surface area contributed by atoms with E-state index in [1.807, 2.05) is 26.0 Å². The number of hydrogen-bond acceptors (Lipinski definition) is 3. The molecule has 0 saturated carbocycles. The molecular formula is C18H22N2O3S. The standard InChI is InChI=1S/C18H22N2O3S/c1-13-3-4-14(2)20(13)17-7-5-16(6-8-17)18(21)19-11-15-9-10-24(22,23)12-15/h3-8,15H,9-12H2,1-2H3,(H,19,21). The third-order valence-corrected chi connectivity index (χ3v) is 6.37. The molecule has 0 bridgehead atoms. The summed E-state index contributed by atoms with van der Waals surface area (Å²) in [5.41, 5.74) is 3.90. The fourth-order valence-corrected chi connectivity index (χ4v) is 5.07. The Morgan fingerprint density at radius 1 is 1.12 bits per heavy atom. The molecule has 1 aliphatic rings. The predicted molar refractivity (Wildman–Crippen MR) is 94.3 cm³/mol. The first-order valence-electron chi connectivity index (χ1n) is 8.10. The Bertz CT molecular complexity index is 831. The first-order chi connectivity index (χ1) is 11.4. The Morgan fingerprint density at radius 3 is 2.29 bits per heavy atom. The number of benzene rings is 1. The predicted octanol–water partition coefficient (Wildman–Crippen LogP) is 2.26. The molecule has 1 aromatic heterocycles. The second-order valence-corrected chi connectivity index (χ2v) is 8.71. The summed E-state index contributed by atoms with van der Waals surface area (Å²) in [7, 11) is -2.90. The molecule has 1 aromatic carbocycles. The number of hydrogen-bond donors (Lipinski definition) is 1. The second-order valence-electron chi connectivity index (χ2n) is 6.48. The number of nitrogens with zero attached hydrogens (tertiary/aromatic N) is 1. The molecule has 1 saturated heterocycles. The first kappa shape index (κ1) is 16.8. The van der Waals surface area contributed by atoms with Gasteiger partial charge in [0.05, 0.1) is 11.5 Å². The lowest BCUT2D eigenvalue weighted by atomic mass is 10.1. The Labute approximate surface area is 142 Å². The van der Waals surface area contributed by atoms with Crippen molar-refractivity contribution < 1.29 is 13.2 Å². The molecule has 1 amide bonds. The van der Waals surface area contributed by atoms with Crippen molar-refractivity contribution >= 4 is 15.7 Å². The Balaban J connectivity index is 1.64. The van der Waals surface area contributed by atoms with Crippen LogP contribution in [0.5, 0.6) is 0 Å². The van der Waals surface area contributed by atoms with Gasteiger partial charge in [0.15, 0.2) is 9.84 Å². The molecule has 6 heteroatoms. The summed E-state index contributed by atoms with van der Waals surface area (Å²) in [6.45, 7) is 4.50. The van der Waals surface area contributed by atoms with Crippen LogP contribution in [0.15, 0.2) is 36.4 Å². The fraction of sp³-hybridized carbons (Fsp3) is 0.389. The monoisotopic (exact) mass is 346 g/mol. The van der Waals surface area contributed by atoms with E-state index in [0.29, 0.717) is 18.5 Å². The number of aromatic nitrogens is 1. The number of aryl methyl sites for hydroxylation is 2. The molecule has 128 valence electrons. The van der Waals surface area contributed by atoms with Gasteiger partial charge in [0.1, 0.15) is 0 Å². The zero-order chi connectivity index (χ0) is 17.3. The van der Waals surface area contributed by atoms with E-state index < -0.39 is 9.84 Å². The number of amides is 1. The van der Waals surface area contributed by atoms with Crippen LogP contribution in [0.4, 0.5) is 0 Å². The lowest BCUT2D eigenvalue weighted by molar-refractivity contribution is 0.0948. The van der Waals surface area contributed by atoms with E-state index in [-0.39, 0.29) is 23.3 Å². The van der Waals surface area contributed by atoms with Gasteiger partial charge in [0.25, 0.3) is 5.91 Å². The van der Waals surface area contributed by atoms with Crippen LogP contribution in [0.25, 0.3) is 5.69 Å². The van der Waals surface area contributed by atoms with Crippen molar-refractivity contribution in [1.29, 1.82) is 0 Å². The average molecular weight is 346 g/mol. The van der Waals surface area contributed by atoms with Crippen molar-refractivity contribution in [3.05, 3.63) is 53.3 Å². The normalized spacial score (nSPS) is 19.3. The van der Waals surface area contributed by atoms with Gasteiger partial charge in [-0.1, -0.05) is 0 Å². The molecule has 2 heterocycles. The summed E-state index contributed by atoms with van der Waals surface area (Å²) >= 11 is 0. The molecule has 0 radical (unpaired) electrons. The van der Waals surface area contributed by atoms with Crippen LogP contribution in [-0.2, 0) is 9.84 Å². The van der Waals surface area contributed by atoms with Gasteiger partial charge in [-0.3, -0.25) is 4.79 Å². The minimum Gasteiger partial charge on any atom is -0.352 e. The van der Waals surface area contributed by atoms with Crippen LogP contribution in [0.2, 0.25) is 0 Å². The van der Waals surface area contributed by atoms with E-state index in [1.54, 1.807) is 12.1 Å². The highest BCUT2D eigenvalue weighted by atomic mass is 32.2. The summed E-state index contributed by atoms with van der Waals surface area (Å²) in [6, 6.07) is 11.6. The fourth-order valence-electron chi connectivity index (χ4n) is 3.21. The van der Waals surface area contributed by atoms with E-state index in [9.17, 15) is 13.2 Å². The molecule has 0 aliphatic carbocycles. The van der Waals surface area contributed by atoms with Crippen molar-refractivity contribution in [2.45, 2.75) is 20.3 Å². The Hall–Kier alpha value is -2.08. The van der Waals surface area contributed by atoms with Gasteiger partial charge in [-0.05, 0) is 62.6 Å². The molecular weight excluding hydrogens is 324 g/mol. The minimum atomic E-state index is -2.90. The Kier molecular flexibility index (Phi) is 4.49. The van der Waals surface area contributed by atoms with Gasteiger partial charge >= 0.3 is 0 Å². The molecule has 3 rings (SSSR count). The van der Waals surface area contributed by atoms with Crippen LogP contribution in [-0.4, -0.2) is 36.9 Å². The summed E-state index contributed by atoms with van der Waals surface area (Å²) in [5, 5.41) is 2.85. The van der Waals surface area contributed by atoms with Crippen molar-refractivity contribution in [3.8, 4) is 5.69 Å². The van der Waals surface area contributed by atoms with Crippen LogP contribution < -0.4 is 5.32 Å². The Morgan fingerprint density at radius 2 is 1.75 bits per heavy atom. The highest BCUT2D eigenvalue weighted by molar-refractivity contribution is 7.91. The van der Waals surface area contributed by atoms with Gasteiger partial charge in [-0.15, -0.1) is 0 Å². The number of carbonyl (C=O) groups excluding carboxylic acids is 1. The van der Waals surface area contributed by atoms with Crippen LogP contribution >= 0.6 is 0 Å². The van der Waals surface area contributed by atoms with E-state index in [1.165, 1.54) is 0 Å². The maximum atomic E-state index is 12.2. The SMILES string of the molecule is Cc1ccc(C)n1-c1ccc(C(=O)NCC2CCS(=O)(=O)C2)cc1. The summed E-state index contributed by atoms with van der Waals surface area (Å²) in [6.07, 6.45) is 0.633. The molecule has 1 unspecified atom stereocenters. The van der Waals surface area contributed by atoms with Gasteiger partial charge in [0.2, 0.25) is 0 Å². The largest absolute Gasteiger partial charge is 0.352 e. The van der Waals surface area contributed by atoms with Crippen LogP contribution in [0.3, 0.4) is 0 Å². The third kappa shape index (κ3) is 3.53. The van der Waals surface area contributed by atoms with Crippen molar-refractivity contribution in [3.63, 3.8) is 0 Å². The average Bonchev–Trinajstić information content (AvgIpc) is 3.07. The number of sulfone groups is 1. The zero-order valence-corrected chi connectivity index (χ0v) is 14.8. The van der Waals surface area contributed by atoms with Gasteiger partial charge < -0.3 is 9.88 Å². The lowest BCUT2D eigenvalue weighted by Crippen LogP contribution is -2.29. The van der Waals surface area contributed by atoms with Gasteiger partial charge in [0, 0.05) is 29.2 Å². The van der Waals surface area contributed by atoms with Gasteiger partial charge in [-0.25, -0.2) is 8.42 Å². The smallest absolute Gasteiger partial charge is 0.251 e.